The Labute approximate surface area is 68.3 Å². The minimum Gasteiger partial charge on any atom is -0.326 e. The molecular formula is C10H15N. The Morgan fingerprint density at radius 3 is 2.73 bits per heavy atom. The van der Waals surface area contributed by atoms with Crippen LogP contribution in [-0.2, 0) is 0 Å². The molecular weight excluding hydrogens is 134 g/mol. The number of hydrogen-bond acceptors (Lipinski definition) is 1. The summed E-state index contributed by atoms with van der Waals surface area (Å²) in [6.45, 7) is 4.91. The average Bonchev–Trinajstić information content (AvgIpc) is 2.15. The first-order valence-electron chi connectivity index (χ1n) is 3.97. The molecule has 2 N–H and O–H groups in total. The van der Waals surface area contributed by atoms with Crippen LogP contribution in [0.4, 0.5) is 0 Å². The zero-order valence-electron chi connectivity index (χ0n) is 7.22. The molecule has 0 heterocycles. The molecule has 0 aromatic rings. The zero-order valence-corrected chi connectivity index (χ0v) is 7.22. The number of nitrogens with two attached hydrogens (primary N) is 1. The molecule has 1 aliphatic rings. The molecule has 0 aliphatic heterocycles. The number of hydrogen-bond donors (Lipinski definition) is 1. The maximum absolute atomic E-state index is 5.58. The largest absolute Gasteiger partial charge is 0.326 e. The van der Waals surface area contributed by atoms with Gasteiger partial charge in [0.1, 0.15) is 0 Å². The van der Waals surface area contributed by atoms with E-state index in [1.54, 1.807) is 0 Å². The molecule has 0 bridgehead atoms. The fourth-order valence-electron chi connectivity index (χ4n) is 1.13. The van der Waals surface area contributed by atoms with Gasteiger partial charge < -0.3 is 5.73 Å². The zero-order chi connectivity index (χ0) is 8.27. The second kappa shape index (κ2) is 3.54. The van der Waals surface area contributed by atoms with Gasteiger partial charge in [0.25, 0.3) is 0 Å². The molecule has 0 radical (unpaired) electrons. The lowest BCUT2D eigenvalue weighted by Gasteiger charge is -2.00. The Kier molecular flexibility index (Phi) is 2.66. The molecule has 0 spiro atoms. The summed E-state index contributed by atoms with van der Waals surface area (Å²) < 4.78 is 0. The first-order chi connectivity index (χ1) is 5.24. The van der Waals surface area contributed by atoms with Crippen molar-refractivity contribution in [3.05, 3.63) is 34.9 Å². The Morgan fingerprint density at radius 1 is 1.36 bits per heavy atom. The van der Waals surface area contributed by atoms with Gasteiger partial charge in [0, 0.05) is 6.54 Å². The average molecular weight is 149 g/mol. The summed E-state index contributed by atoms with van der Waals surface area (Å²) >= 11 is 0. The van der Waals surface area contributed by atoms with Crippen LogP contribution in [0.25, 0.3) is 0 Å². The van der Waals surface area contributed by atoms with Crippen molar-refractivity contribution < 1.29 is 0 Å². The molecule has 0 saturated carbocycles. The van der Waals surface area contributed by atoms with Crippen molar-refractivity contribution in [3.8, 4) is 0 Å². The summed E-state index contributed by atoms with van der Waals surface area (Å²) in [5.41, 5.74) is 9.57. The van der Waals surface area contributed by atoms with Crippen LogP contribution in [0.15, 0.2) is 34.9 Å². The van der Waals surface area contributed by atoms with E-state index in [2.05, 4.69) is 32.1 Å². The van der Waals surface area contributed by atoms with Gasteiger partial charge in [-0.05, 0) is 25.8 Å². The van der Waals surface area contributed by atoms with Gasteiger partial charge in [0.15, 0.2) is 0 Å². The molecule has 0 amide bonds. The van der Waals surface area contributed by atoms with E-state index in [1.165, 1.54) is 16.7 Å². The summed E-state index contributed by atoms with van der Waals surface area (Å²) in [5, 5.41) is 0. The molecule has 0 saturated heterocycles. The lowest BCUT2D eigenvalue weighted by atomic mass is 10.1. The minimum absolute atomic E-state index is 0.656. The molecule has 0 unspecified atom stereocenters. The van der Waals surface area contributed by atoms with Crippen molar-refractivity contribution in [2.45, 2.75) is 20.3 Å². The van der Waals surface area contributed by atoms with Crippen molar-refractivity contribution in [2.24, 2.45) is 5.73 Å². The van der Waals surface area contributed by atoms with Crippen molar-refractivity contribution in [1.82, 2.24) is 0 Å². The van der Waals surface area contributed by atoms with Gasteiger partial charge in [-0.25, -0.2) is 0 Å². The summed E-state index contributed by atoms with van der Waals surface area (Å²) in [7, 11) is 0. The normalized spacial score (nSPS) is 18.3. The molecule has 1 heteroatoms. The molecule has 0 aromatic carbocycles. The van der Waals surface area contributed by atoms with Crippen LogP contribution in [0.1, 0.15) is 20.3 Å². The van der Waals surface area contributed by atoms with Crippen LogP contribution in [0.3, 0.4) is 0 Å². The SMILES string of the molecule is CC1=CCC(C)=C(CN)C=C1. The fourth-order valence-corrected chi connectivity index (χ4v) is 1.13. The topological polar surface area (TPSA) is 26.0 Å². The maximum Gasteiger partial charge on any atom is 0.0177 e. The highest BCUT2D eigenvalue weighted by Crippen LogP contribution is 2.15. The van der Waals surface area contributed by atoms with Crippen LogP contribution in [0, 0.1) is 0 Å². The van der Waals surface area contributed by atoms with Crippen LogP contribution < -0.4 is 5.73 Å². The highest BCUT2D eigenvalue weighted by molar-refractivity contribution is 5.35. The highest BCUT2D eigenvalue weighted by Gasteiger charge is 1.99. The molecule has 1 rings (SSSR count). The first-order valence-corrected chi connectivity index (χ1v) is 3.97. The number of rotatable bonds is 1. The predicted octanol–water partition coefficient (Wildman–Crippen LogP) is 2.17. The Balaban J connectivity index is 2.87. The monoisotopic (exact) mass is 149 g/mol. The van der Waals surface area contributed by atoms with E-state index >= 15 is 0 Å². The third-order valence-electron chi connectivity index (χ3n) is 2.05. The molecule has 0 atom stereocenters. The van der Waals surface area contributed by atoms with Gasteiger partial charge in [0.05, 0.1) is 0 Å². The van der Waals surface area contributed by atoms with E-state index in [0.29, 0.717) is 6.54 Å². The van der Waals surface area contributed by atoms with Crippen LogP contribution in [-0.4, -0.2) is 6.54 Å². The van der Waals surface area contributed by atoms with Gasteiger partial charge in [-0.3, -0.25) is 0 Å². The third-order valence-corrected chi connectivity index (χ3v) is 2.05. The molecule has 1 aliphatic carbocycles. The van der Waals surface area contributed by atoms with Crippen LogP contribution in [0.2, 0.25) is 0 Å². The lowest BCUT2D eigenvalue weighted by molar-refractivity contribution is 1.09. The van der Waals surface area contributed by atoms with Crippen LogP contribution in [0.5, 0.6) is 0 Å². The highest BCUT2D eigenvalue weighted by atomic mass is 14.5. The standard InChI is InChI=1S/C10H15N/c1-8-3-5-9(2)10(7-11)6-4-8/h3-4,6H,5,7,11H2,1-2H3. The van der Waals surface area contributed by atoms with E-state index in [9.17, 15) is 0 Å². The Bertz CT molecular complexity index is 231. The first kappa shape index (κ1) is 8.28. The van der Waals surface area contributed by atoms with Gasteiger partial charge >= 0.3 is 0 Å². The van der Waals surface area contributed by atoms with E-state index in [1.807, 2.05) is 0 Å². The Morgan fingerprint density at radius 2 is 2.09 bits per heavy atom. The van der Waals surface area contributed by atoms with Gasteiger partial charge in [-0.15, -0.1) is 0 Å². The molecule has 60 valence electrons. The van der Waals surface area contributed by atoms with E-state index in [4.69, 9.17) is 5.73 Å². The second-order valence-corrected chi connectivity index (χ2v) is 3.00. The van der Waals surface area contributed by atoms with E-state index < -0.39 is 0 Å². The summed E-state index contributed by atoms with van der Waals surface area (Å²) in [6, 6.07) is 0. The van der Waals surface area contributed by atoms with E-state index in [0.717, 1.165) is 6.42 Å². The fraction of sp³-hybridized carbons (Fsp3) is 0.400. The third kappa shape index (κ3) is 2.05. The summed E-state index contributed by atoms with van der Waals surface area (Å²) in [5.74, 6) is 0. The van der Waals surface area contributed by atoms with Crippen molar-refractivity contribution >= 4 is 0 Å². The lowest BCUT2D eigenvalue weighted by Crippen LogP contribution is -2.02. The second-order valence-electron chi connectivity index (χ2n) is 3.00. The molecule has 0 aromatic heterocycles. The van der Waals surface area contributed by atoms with Crippen molar-refractivity contribution in [3.63, 3.8) is 0 Å². The van der Waals surface area contributed by atoms with Crippen molar-refractivity contribution in [2.75, 3.05) is 6.54 Å². The molecule has 1 nitrogen and oxygen atoms in total. The summed E-state index contributed by atoms with van der Waals surface area (Å²) in [4.78, 5) is 0. The smallest absolute Gasteiger partial charge is 0.0177 e. The molecule has 0 fully saturated rings. The predicted molar refractivity (Wildman–Crippen MR) is 49.3 cm³/mol. The Hall–Kier alpha value is -0.820. The number of allylic oxidation sites excluding steroid dienone is 4. The van der Waals surface area contributed by atoms with Gasteiger partial charge in [0.2, 0.25) is 0 Å². The van der Waals surface area contributed by atoms with E-state index in [-0.39, 0.29) is 0 Å². The van der Waals surface area contributed by atoms with Gasteiger partial charge in [-0.2, -0.15) is 0 Å². The minimum atomic E-state index is 0.656. The quantitative estimate of drug-likeness (QED) is 0.607. The molecule has 11 heavy (non-hydrogen) atoms. The summed E-state index contributed by atoms with van der Waals surface area (Å²) in [6.07, 6.45) is 7.52. The van der Waals surface area contributed by atoms with Gasteiger partial charge in [-0.1, -0.05) is 29.4 Å². The maximum atomic E-state index is 5.58. The van der Waals surface area contributed by atoms with Crippen LogP contribution >= 0.6 is 0 Å². The van der Waals surface area contributed by atoms with Crippen molar-refractivity contribution in [1.29, 1.82) is 0 Å².